The van der Waals surface area contributed by atoms with Crippen LogP contribution in [0.1, 0.15) is 33.1 Å². The molecule has 1 unspecified atom stereocenters. The number of carbonyl (C=O) groups is 2. The van der Waals surface area contributed by atoms with Crippen molar-refractivity contribution in [2.24, 2.45) is 0 Å². The van der Waals surface area contributed by atoms with Gasteiger partial charge in [0.15, 0.2) is 0 Å². The fraction of sp³-hybridized carbons (Fsp3) is 0.692. The number of likely N-dealkylation sites (N-methyl/N-ethyl adjacent to an activating group) is 1. The largest absolute Gasteiger partial charge is 0.481 e. The first-order chi connectivity index (χ1) is 8.45. The highest BCUT2D eigenvalue weighted by molar-refractivity contribution is 5.76. The second-order valence-electron chi connectivity index (χ2n) is 4.84. The summed E-state index contributed by atoms with van der Waals surface area (Å²) in [4.78, 5) is 26.5. The normalized spacial score (nSPS) is 18.8. The van der Waals surface area contributed by atoms with Crippen LogP contribution in [-0.4, -0.2) is 52.6 Å². The van der Waals surface area contributed by atoms with Crippen LogP contribution in [0.15, 0.2) is 12.2 Å². The highest BCUT2D eigenvalue weighted by Gasteiger charge is 2.32. The molecule has 1 aliphatic heterocycles. The summed E-state index contributed by atoms with van der Waals surface area (Å²) in [5.41, 5.74) is 0.930. The van der Waals surface area contributed by atoms with Crippen molar-refractivity contribution in [2.45, 2.75) is 39.2 Å². The Morgan fingerprint density at radius 2 is 2.17 bits per heavy atom. The van der Waals surface area contributed by atoms with Crippen LogP contribution in [0.25, 0.3) is 0 Å². The van der Waals surface area contributed by atoms with Gasteiger partial charge in [0.2, 0.25) is 0 Å². The van der Waals surface area contributed by atoms with Crippen LogP contribution < -0.4 is 0 Å². The maximum absolute atomic E-state index is 12.3. The van der Waals surface area contributed by atoms with Gasteiger partial charge in [-0.1, -0.05) is 12.2 Å². The zero-order valence-corrected chi connectivity index (χ0v) is 11.2. The van der Waals surface area contributed by atoms with Crippen LogP contribution in [0.3, 0.4) is 0 Å². The van der Waals surface area contributed by atoms with Crippen LogP contribution >= 0.6 is 0 Å². The topological polar surface area (TPSA) is 60.9 Å². The van der Waals surface area contributed by atoms with Gasteiger partial charge in [-0.05, 0) is 26.7 Å². The van der Waals surface area contributed by atoms with Gasteiger partial charge in [-0.25, -0.2) is 4.79 Å². The van der Waals surface area contributed by atoms with Gasteiger partial charge < -0.3 is 14.9 Å². The summed E-state index contributed by atoms with van der Waals surface area (Å²) >= 11 is 0. The van der Waals surface area contributed by atoms with Gasteiger partial charge in [-0.15, -0.1) is 0 Å². The predicted molar refractivity (Wildman–Crippen MR) is 69.4 cm³/mol. The number of rotatable bonds is 5. The molecule has 1 rings (SSSR count). The monoisotopic (exact) mass is 254 g/mol. The molecule has 1 atom stereocenters. The molecule has 0 aromatic carbocycles. The molecule has 0 saturated carbocycles. The smallest absolute Gasteiger partial charge is 0.320 e. The highest BCUT2D eigenvalue weighted by Crippen LogP contribution is 2.22. The van der Waals surface area contributed by atoms with Gasteiger partial charge in [0.1, 0.15) is 0 Å². The summed E-state index contributed by atoms with van der Waals surface area (Å²) in [6.45, 7) is 9.42. The van der Waals surface area contributed by atoms with E-state index in [0.29, 0.717) is 19.6 Å². The second kappa shape index (κ2) is 6.42. The van der Waals surface area contributed by atoms with E-state index in [4.69, 9.17) is 5.11 Å². The first-order valence-corrected chi connectivity index (χ1v) is 6.37. The Bertz CT molecular complexity index is 341. The van der Waals surface area contributed by atoms with E-state index in [2.05, 4.69) is 6.58 Å². The van der Waals surface area contributed by atoms with Crippen molar-refractivity contribution in [1.82, 2.24) is 9.80 Å². The lowest BCUT2D eigenvalue weighted by Crippen LogP contribution is -2.46. The summed E-state index contributed by atoms with van der Waals surface area (Å²) in [5, 5.41) is 8.85. The number of carboxylic acids is 1. The van der Waals surface area contributed by atoms with Crippen molar-refractivity contribution in [3.63, 3.8) is 0 Å². The fourth-order valence-electron chi connectivity index (χ4n) is 2.32. The van der Waals surface area contributed by atoms with Crippen molar-refractivity contribution < 1.29 is 14.7 Å². The molecule has 0 bridgehead atoms. The van der Waals surface area contributed by atoms with Crippen LogP contribution in [0.2, 0.25) is 0 Å². The number of carbonyl (C=O) groups excluding carboxylic acids is 1. The average molecular weight is 254 g/mol. The van der Waals surface area contributed by atoms with E-state index in [0.717, 1.165) is 18.4 Å². The molecule has 1 saturated heterocycles. The van der Waals surface area contributed by atoms with Gasteiger partial charge in [-0.2, -0.15) is 0 Å². The van der Waals surface area contributed by atoms with Gasteiger partial charge in [0.05, 0.1) is 6.42 Å². The molecule has 5 nitrogen and oxygen atoms in total. The summed E-state index contributed by atoms with van der Waals surface area (Å²) in [6.07, 6.45) is 1.70. The Morgan fingerprint density at radius 3 is 2.67 bits per heavy atom. The third-order valence-electron chi connectivity index (χ3n) is 3.15. The standard InChI is InChI=1S/C13H22N2O3/c1-4-14(9-10(2)3)13(18)15-7-5-6-11(15)8-12(16)17/h11H,2,4-9H2,1,3H3,(H,16,17). The lowest BCUT2D eigenvalue weighted by Gasteiger charge is -2.30. The molecular weight excluding hydrogens is 232 g/mol. The van der Waals surface area contributed by atoms with E-state index < -0.39 is 5.97 Å². The molecule has 0 aromatic heterocycles. The van der Waals surface area contributed by atoms with Crippen molar-refractivity contribution in [1.29, 1.82) is 0 Å². The van der Waals surface area contributed by atoms with E-state index in [1.807, 2.05) is 13.8 Å². The van der Waals surface area contributed by atoms with Crippen LogP contribution in [0, 0.1) is 0 Å². The molecule has 2 amide bonds. The van der Waals surface area contributed by atoms with Gasteiger partial charge >= 0.3 is 12.0 Å². The Balaban J connectivity index is 2.68. The molecule has 1 fully saturated rings. The number of aliphatic carboxylic acids is 1. The zero-order chi connectivity index (χ0) is 13.7. The molecule has 0 spiro atoms. The maximum Gasteiger partial charge on any atom is 0.320 e. The molecule has 0 radical (unpaired) electrons. The minimum absolute atomic E-state index is 0.0381. The van der Waals surface area contributed by atoms with Gasteiger partial charge in [0.25, 0.3) is 0 Å². The number of likely N-dealkylation sites (tertiary alicyclic amines) is 1. The Kier molecular flexibility index (Phi) is 5.19. The number of hydrogen-bond acceptors (Lipinski definition) is 2. The summed E-state index contributed by atoms with van der Waals surface area (Å²) in [5.74, 6) is -0.845. The molecule has 1 aliphatic rings. The highest BCUT2D eigenvalue weighted by atomic mass is 16.4. The lowest BCUT2D eigenvalue weighted by atomic mass is 10.1. The molecule has 0 aliphatic carbocycles. The van der Waals surface area contributed by atoms with Crippen LogP contribution in [-0.2, 0) is 4.79 Å². The average Bonchev–Trinajstić information content (AvgIpc) is 2.71. The summed E-state index contributed by atoms with van der Waals surface area (Å²) < 4.78 is 0. The SMILES string of the molecule is C=C(C)CN(CC)C(=O)N1CCCC1CC(=O)O. The number of amides is 2. The third kappa shape index (κ3) is 3.75. The minimum Gasteiger partial charge on any atom is -0.481 e. The number of urea groups is 1. The van der Waals surface area contributed by atoms with Crippen LogP contribution in [0.5, 0.6) is 0 Å². The van der Waals surface area contributed by atoms with E-state index in [1.165, 1.54) is 0 Å². The van der Waals surface area contributed by atoms with Gasteiger partial charge in [0, 0.05) is 25.7 Å². The van der Waals surface area contributed by atoms with Crippen molar-refractivity contribution in [3.8, 4) is 0 Å². The Morgan fingerprint density at radius 1 is 1.50 bits per heavy atom. The number of nitrogens with zero attached hydrogens (tertiary/aromatic N) is 2. The maximum atomic E-state index is 12.3. The van der Waals surface area contributed by atoms with E-state index in [-0.39, 0.29) is 18.5 Å². The molecule has 5 heteroatoms. The Hall–Kier alpha value is -1.52. The van der Waals surface area contributed by atoms with E-state index in [1.54, 1.807) is 9.80 Å². The molecule has 18 heavy (non-hydrogen) atoms. The lowest BCUT2D eigenvalue weighted by molar-refractivity contribution is -0.138. The minimum atomic E-state index is -0.845. The molecule has 1 N–H and O–H groups in total. The van der Waals surface area contributed by atoms with E-state index >= 15 is 0 Å². The van der Waals surface area contributed by atoms with Crippen molar-refractivity contribution in [2.75, 3.05) is 19.6 Å². The van der Waals surface area contributed by atoms with Crippen molar-refractivity contribution >= 4 is 12.0 Å². The quantitative estimate of drug-likeness (QED) is 0.763. The summed E-state index contributed by atoms with van der Waals surface area (Å²) in [7, 11) is 0. The second-order valence-corrected chi connectivity index (χ2v) is 4.84. The number of carboxylic acid groups (broad SMARTS) is 1. The Labute approximate surface area is 108 Å². The molecular formula is C13H22N2O3. The zero-order valence-electron chi connectivity index (χ0n) is 11.2. The molecule has 1 heterocycles. The van der Waals surface area contributed by atoms with Crippen LogP contribution in [0.4, 0.5) is 4.79 Å². The third-order valence-corrected chi connectivity index (χ3v) is 3.15. The first-order valence-electron chi connectivity index (χ1n) is 6.37. The number of hydrogen-bond donors (Lipinski definition) is 1. The van der Waals surface area contributed by atoms with Crippen molar-refractivity contribution in [3.05, 3.63) is 12.2 Å². The fourth-order valence-corrected chi connectivity index (χ4v) is 2.32. The predicted octanol–water partition coefficient (Wildman–Crippen LogP) is 1.94. The van der Waals surface area contributed by atoms with E-state index in [9.17, 15) is 9.59 Å². The molecule has 102 valence electrons. The first kappa shape index (κ1) is 14.5. The molecule has 0 aromatic rings. The summed E-state index contributed by atoms with van der Waals surface area (Å²) in [6, 6.07) is -0.224. The van der Waals surface area contributed by atoms with Gasteiger partial charge in [-0.3, -0.25) is 4.79 Å².